The first-order valence-corrected chi connectivity index (χ1v) is 18.9. The van der Waals surface area contributed by atoms with Crippen molar-refractivity contribution in [3.8, 4) is 11.5 Å². The molecule has 1 fully saturated rings. The van der Waals surface area contributed by atoms with Crippen molar-refractivity contribution in [2.45, 2.75) is 53.6 Å². The predicted octanol–water partition coefficient (Wildman–Crippen LogP) is 2.50. The second-order valence-corrected chi connectivity index (χ2v) is 14.6. The molecule has 8 rings (SSSR count). The molecular formula is C39H43N12O7+. The zero-order valence-corrected chi connectivity index (χ0v) is 32.5. The lowest BCUT2D eigenvalue weighted by Gasteiger charge is -2.41. The van der Waals surface area contributed by atoms with Gasteiger partial charge in [0.25, 0.3) is 11.6 Å². The number of primary amides is 2. The number of carbonyl (C=O) groups excluding carboxylic acids is 4. The van der Waals surface area contributed by atoms with Gasteiger partial charge in [-0.25, -0.2) is 15.0 Å². The number of nitrogens with zero attached hydrogens (tertiary/aromatic N) is 7. The van der Waals surface area contributed by atoms with Gasteiger partial charge in [0.15, 0.2) is 12.4 Å². The number of nitrogens with one attached hydrogen (secondary N) is 3. The topological polar surface area (TPSA) is 252 Å². The number of hydrazone groups is 1. The van der Waals surface area contributed by atoms with Gasteiger partial charge in [0, 0.05) is 44.2 Å². The number of rotatable bonds is 8. The van der Waals surface area contributed by atoms with Gasteiger partial charge in [-0.15, -0.1) is 0 Å². The van der Waals surface area contributed by atoms with E-state index in [9.17, 15) is 19.2 Å². The Kier molecular flexibility index (Phi) is 9.75. The molecule has 1 spiro atoms. The number of hydrogen-bond donors (Lipinski definition) is 5. The SMILES string of the molecule is CCc1nc(C)oc1C(=O)Nc1nc2cc(C(N)=O)cc3c2n1C/C=C/Cn1c(NC(=O)C2=[N+](CC)N=C(C)C2)nc2cc(C(N)=O)cc(c21)OCC1(CNC1)CO3. The van der Waals surface area contributed by atoms with Crippen LogP contribution in [0.4, 0.5) is 11.9 Å². The number of aromatic nitrogens is 5. The molecule has 2 aromatic carbocycles. The molecule has 19 heteroatoms. The third-order valence-electron chi connectivity index (χ3n) is 10.4. The summed E-state index contributed by atoms with van der Waals surface area (Å²) in [5.74, 6) is -0.816. The second-order valence-electron chi connectivity index (χ2n) is 14.6. The van der Waals surface area contributed by atoms with E-state index in [-0.39, 0.29) is 61.0 Å². The lowest BCUT2D eigenvalue weighted by Crippen LogP contribution is -2.59. The zero-order valence-electron chi connectivity index (χ0n) is 32.5. The third kappa shape index (κ3) is 6.93. The molecule has 3 aliphatic rings. The minimum absolute atomic E-state index is 0.0673. The van der Waals surface area contributed by atoms with E-state index in [1.54, 1.807) is 45.0 Å². The largest absolute Gasteiger partial charge is 0.490 e. The Bertz CT molecular complexity index is 2640. The van der Waals surface area contributed by atoms with Crippen LogP contribution in [0.5, 0.6) is 11.5 Å². The lowest BCUT2D eigenvalue weighted by atomic mass is 9.83. The Balaban J connectivity index is 1.25. The van der Waals surface area contributed by atoms with Gasteiger partial charge >= 0.3 is 5.91 Å². The Morgan fingerprint density at radius 1 is 0.828 bits per heavy atom. The van der Waals surface area contributed by atoms with Gasteiger partial charge in [-0.05, 0) is 49.6 Å². The van der Waals surface area contributed by atoms with Crippen molar-refractivity contribution >= 4 is 69.0 Å². The highest BCUT2D eigenvalue weighted by atomic mass is 16.5. The number of imidazole rings is 2. The number of ether oxygens (including phenoxy) is 2. The highest BCUT2D eigenvalue weighted by Crippen LogP contribution is 2.36. The van der Waals surface area contributed by atoms with Crippen LogP contribution in [-0.2, 0) is 24.3 Å². The molecule has 0 radical (unpaired) electrons. The molecule has 1 saturated heterocycles. The highest BCUT2D eigenvalue weighted by Gasteiger charge is 2.40. The molecule has 6 heterocycles. The van der Waals surface area contributed by atoms with Gasteiger partial charge in [-0.2, -0.15) is 0 Å². The van der Waals surface area contributed by atoms with Crippen LogP contribution in [0.2, 0.25) is 0 Å². The van der Waals surface area contributed by atoms with E-state index < -0.39 is 23.1 Å². The van der Waals surface area contributed by atoms with Crippen molar-refractivity contribution in [2.75, 3.05) is 43.5 Å². The fourth-order valence-electron chi connectivity index (χ4n) is 7.37. The molecule has 0 bridgehead atoms. The van der Waals surface area contributed by atoms with Crippen LogP contribution in [0.3, 0.4) is 0 Å². The minimum Gasteiger partial charge on any atom is -0.490 e. The molecule has 58 heavy (non-hydrogen) atoms. The summed E-state index contributed by atoms with van der Waals surface area (Å²) < 4.78 is 24.0. The molecule has 3 aliphatic heterocycles. The summed E-state index contributed by atoms with van der Waals surface area (Å²) in [4.78, 5) is 66.4. The molecule has 0 saturated carbocycles. The van der Waals surface area contributed by atoms with Gasteiger partial charge in [0.1, 0.15) is 22.5 Å². The van der Waals surface area contributed by atoms with Gasteiger partial charge in [-0.1, -0.05) is 23.8 Å². The summed E-state index contributed by atoms with van der Waals surface area (Å²) >= 11 is 0. The molecule has 7 N–H and O–H groups in total. The Hall–Kier alpha value is -6.89. The normalized spacial score (nSPS) is 16.9. The number of carbonyl (C=O) groups is 4. The first-order chi connectivity index (χ1) is 27.9. The van der Waals surface area contributed by atoms with Gasteiger partial charge in [0.05, 0.1) is 47.5 Å². The number of nitrogens with two attached hydrogens (primary N) is 2. The van der Waals surface area contributed by atoms with Crippen LogP contribution in [0.1, 0.15) is 70.0 Å². The van der Waals surface area contributed by atoms with Crippen LogP contribution in [-0.4, -0.2) is 96.7 Å². The van der Waals surface area contributed by atoms with E-state index in [0.717, 1.165) is 5.71 Å². The molecule has 5 aromatic rings. The minimum atomic E-state index is -0.682. The maximum absolute atomic E-state index is 13.8. The maximum Gasteiger partial charge on any atom is 0.321 e. The van der Waals surface area contributed by atoms with E-state index in [4.69, 9.17) is 35.3 Å². The average Bonchev–Trinajstić information content (AvgIpc) is 3.94. The van der Waals surface area contributed by atoms with E-state index in [0.29, 0.717) is 83.3 Å². The number of oxazole rings is 1. The molecule has 4 amide bonds. The van der Waals surface area contributed by atoms with Crippen molar-refractivity contribution < 1.29 is 37.8 Å². The maximum atomic E-state index is 13.8. The van der Waals surface area contributed by atoms with E-state index in [2.05, 4.69) is 26.0 Å². The van der Waals surface area contributed by atoms with Crippen molar-refractivity contribution in [3.63, 3.8) is 0 Å². The number of hydrogen-bond acceptors (Lipinski definition) is 12. The monoisotopic (exact) mass is 791 g/mol. The quantitative estimate of drug-likeness (QED) is 0.113. The Morgan fingerprint density at radius 3 is 1.86 bits per heavy atom. The van der Waals surface area contributed by atoms with Crippen molar-refractivity contribution in [1.82, 2.24) is 29.4 Å². The first-order valence-electron chi connectivity index (χ1n) is 18.9. The molecule has 300 valence electrons. The summed E-state index contributed by atoms with van der Waals surface area (Å²) in [6, 6.07) is 6.25. The third-order valence-corrected chi connectivity index (χ3v) is 10.4. The van der Waals surface area contributed by atoms with E-state index in [1.807, 2.05) is 32.9 Å². The molecule has 19 nitrogen and oxygen atoms in total. The van der Waals surface area contributed by atoms with Gasteiger partial charge in [0.2, 0.25) is 29.5 Å². The Morgan fingerprint density at radius 2 is 1.38 bits per heavy atom. The van der Waals surface area contributed by atoms with Crippen LogP contribution in [0.25, 0.3) is 22.1 Å². The molecule has 0 atom stereocenters. The van der Waals surface area contributed by atoms with Gasteiger partial charge in [-0.3, -0.25) is 29.8 Å². The first kappa shape index (κ1) is 38.0. The number of amides is 4. The molecular weight excluding hydrogens is 749 g/mol. The fraction of sp³-hybridized carbons (Fsp3) is 0.359. The summed E-state index contributed by atoms with van der Waals surface area (Å²) in [7, 11) is 0. The van der Waals surface area contributed by atoms with E-state index in [1.165, 1.54) is 0 Å². The smallest absolute Gasteiger partial charge is 0.321 e. The number of anilines is 2. The second kappa shape index (κ2) is 14.9. The summed E-state index contributed by atoms with van der Waals surface area (Å²) in [6.07, 6.45) is 4.57. The van der Waals surface area contributed by atoms with Crippen LogP contribution in [0.15, 0.2) is 45.9 Å². The highest BCUT2D eigenvalue weighted by molar-refractivity contribution is 6.44. The standard InChI is InChI=1S/C39H42N12O7/c1-5-24-32(58-21(4)43-24)36(55)47-38-45-26-13-23(34(41)53)15-29-31(26)50(38)10-8-7-9-49-30-25(44-37(49)46-35(54)27-11-20(3)48-51(27)6-2)12-22(33(40)52)14-28(30)56-18-39(19-57-29)16-42-17-39/h7-8,12-15,42H,5-6,9-11,16-19H2,1-4H3,(H5-,40,41,44,45,46,47,52,53,54,55)/p+1/b8-7+. The van der Waals surface area contributed by atoms with Crippen molar-refractivity contribution in [2.24, 2.45) is 22.0 Å². The average molecular weight is 792 g/mol. The Labute approximate surface area is 331 Å². The van der Waals surface area contributed by atoms with E-state index >= 15 is 0 Å². The fourth-order valence-corrected chi connectivity index (χ4v) is 7.37. The molecule has 0 unspecified atom stereocenters. The number of benzene rings is 2. The van der Waals surface area contributed by atoms with Crippen LogP contribution < -0.4 is 36.9 Å². The predicted molar refractivity (Wildman–Crippen MR) is 213 cm³/mol. The molecule has 3 aromatic heterocycles. The lowest BCUT2D eigenvalue weighted by molar-refractivity contribution is -0.525. The van der Waals surface area contributed by atoms with Crippen LogP contribution >= 0.6 is 0 Å². The number of aryl methyl sites for hydroxylation is 2. The zero-order chi connectivity index (χ0) is 40.9. The molecule has 0 aliphatic carbocycles. The number of allylic oxidation sites excluding steroid dienone is 2. The van der Waals surface area contributed by atoms with Crippen molar-refractivity contribution in [3.05, 3.63) is 64.9 Å². The summed E-state index contributed by atoms with van der Waals surface area (Å²) in [6.45, 7) is 9.52. The van der Waals surface area contributed by atoms with Crippen LogP contribution in [0, 0.1) is 12.3 Å². The van der Waals surface area contributed by atoms with Gasteiger partial charge < -0.3 is 39.8 Å². The summed E-state index contributed by atoms with van der Waals surface area (Å²) in [5, 5.41) is 13.6. The summed E-state index contributed by atoms with van der Waals surface area (Å²) in [5.41, 5.74) is 14.9. The van der Waals surface area contributed by atoms with Crippen molar-refractivity contribution in [1.29, 1.82) is 0 Å².